The van der Waals surface area contributed by atoms with E-state index >= 15 is 0 Å². The van der Waals surface area contributed by atoms with Crippen molar-refractivity contribution in [3.63, 3.8) is 0 Å². The quantitative estimate of drug-likeness (QED) is 0.492. The van der Waals surface area contributed by atoms with Crippen LogP contribution in [0.3, 0.4) is 0 Å². The number of carbonyl (C=O) groups is 2. The Kier molecular flexibility index (Phi) is 7.42. The normalized spacial score (nSPS) is 14.9. The van der Waals surface area contributed by atoms with Crippen LogP contribution in [0.5, 0.6) is 11.5 Å². The molecule has 1 aliphatic heterocycles. The van der Waals surface area contributed by atoms with E-state index in [1.165, 1.54) is 16.7 Å². The van der Waals surface area contributed by atoms with Crippen LogP contribution in [-0.2, 0) is 9.59 Å². The number of nitrogens with one attached hydrogen (secondary N) is 1. The van der Waals surface area contributed by atoms with E-state index < -0.39 is 0 Å². The number of carbonyl (C=O) groups excluding carboxylic acids is 2. The summed E-state index contributed by atoms with van der Waals surface area (Å²) in [6.45, 7) is 0.383. The zero-order valence-corrected chi connectivity index (χ0v) is 18.2. The molecule has 0 aliphatic carbocycles. The minimum atomic E-state index is -0.160. The molecule has 156 valence electrons. The topological polar surface area (TPSA) is 80.8 Å². The van der Waals surface area contributed by atoms with Crippen molar-refractivity contribution in [2.24, 2.45) is 0 Å². The lowest BCUT2D eigenvalue weighted by Crippen LogP contribution is -2.29. The van der Waals surface area contributed by atoms with Crippen LogP contribution >= 0.6 is 24.0 Å². The van der Waals surface area contributed by atoms with Gasteiger partial charge in [0.05, 0.1) is 31.0 Å². The van der Waals surface area contributed by atoms with Gasteiger partial charge in [-0.05, 0) is 42.3 Å². The average Bonchev–Trinajstić information content (AvgIpc) is 3.01. The summed E-state index contributed by atoms with van der Waals surface area (Å²) in [5.74, 6) is 0.912. The predicted molar refractivity (Wildman–Crippen MR) is 122 cm³/mol. The molecule has 1 saturated heterocycles. The second kappa shape index (κ2) is 10.2. The number of benzene rings is 1. The van der Waals surface area contributed by atoms with Crippen LogP contribution in [-0.4, -0.2) is 46.8 Å². The Morgan fingerprint density at radius 3 is 2.77 bits per heavy atom. The van der Waals surface area contributed by atoms with Crippen molar-refractivity contribution in [2.75, 3.05) is 26.1 Å². The van der Waals surface area contributed by atoms with Crippen molar-refractivity contribution in [1.29, 1.82) is 0 Å². The molecule has 1 N–H and O–H groups in total. The van der Waals surface area contributed by atoms with Crippen LogP contribution in [0.15, 0.2) is 47.6 Å². The van der Waals surface area contributed by atoms with Gasteiger partial charge in [-0.15, -0.1) is 0 Å². The van der Waals surface area contributed by atoms with Gasteiger partial charge in [0, 0.05) is 19.2 Å². The summed E-state index contributed by atoms with van der Waals surface area (Å²) >= 11 is 6.61. The van der Waals surface area contributed by atoms with E-state index in [1.807, 2.05) is 6.07 Å². The first-order chi connectivity index (χ1) is 14.5. The predicted octanol–water partition coefficient (Wildman–Crippen LogP) is 3.72. The zero-order valence-electron chi connectivity index (χ0n) is 16.6. The van der Waals surface area contributed by atoms with E-state index in [0.717, 1.165) is 5.56 Å². The largest absolute Gasteiger partial charge is 0.493 e. The molecule has 0 spiro atoms. The molecular formula is C21H21N3O4S2. The summed E-state index contributed by atoms with van der Waals surface area (Å²) in [5.41, 5.74) is 1.45. The van der Waals surface area contributed by atoms with Crippen LogP contribution in [0.4, 0.5) is 5.69 Å². The maximum atomic E-state index is 12.7. The average molecular weight is 444 g/mol. The van der Waals surface area contributed by atoms with E-state index in [-0.39, 0.29) is 18.2 Å². The van der Waals surface area contributed by atoms with Crippen molar-refractivity contribution in [3.8, 4) is 11.5 Å². The van der Waals surface area contributed by atoms with Crippen LogP contribution in [0, 0.1) is 0 Å². The van der Waals surface area contributed by atoms with Gasteiger partial charge in [-0.2, -0.15) is 0 Å². The molecule has 1 fully saturated rings. The van der Waals surface area contributed by atoms with Crippen molar-refractivity contribution in [2.45, 2.75) is 12.8 Å². The summed E-state index contributed by atoms with van der Waals surface area (Å²) in [6.07, 6.45) is 5.78. The Morgan fingerprint density at radius 2 is 2.07 bits per heavy atom. The molecule has 3 rings (SSSR count). The number of pyridine rings is 1. The summed E-state index contributed by atoms with van der Waals surface area (Å²) in [7, 11) is 3.13. The molecule has 9 heteroatoms. The van der Waals surface area contributed by atoms with Gasteiger partial charge in [-0.1, -0.05) is 30.0 Å². The van der Waals surface area contributed by atoms with Crippen molar-refractivity contribution < 1.29 is 19.1 Å². The number of ether oxygens (including phenoxy) is 2. The Morgan fingerprint density at radius 1 is 1.27 bits per heavy atom. The standard InChI is InChI=1S/C21H21N3O4S2/c1-27-16-8-7-14(11-17(16)28-2)12-18-20(26)24(21(29)30-18)10-4-6-19(25)23-15-5-3-9-22-13-15/h3,5,7-9,11-13H,4,6,10H2,1-2H3,(H,23,25). The molecule has 0 saturated carbocycles. The molecular weight excluding hydrogens is 422 g/mol. The fourth-order valence-electron chi connectivity index (χ4n) is 2.84. The maximum absolute atomic E-state index is 12.7. The molecule has 1 aromatic heterocycles. The highest BCUT2D eigenvalue weighted by molar-refractivity contribution is 8.26. The Hall–Kier alpha value is -2.91. The smallest absolute Gasteiger partial charge is 0.266 e. The highest BCUT2D eigenvalue weighted by atomic mass is 32.2. The molecule has 2 heterocycles. The molecule has 2 amide bonds. The van der Waals surface area contributed by atoms with E-state index in [4.69, 9.17) is 21.7 Å². The molecule has 0 atom stereocenters. The van der Waals surface area contributed by atoms with Gasteiger partial charge >= 0.3 is 0 Å². The van der Waals surface area contributed by atoms with E-state index in [2.05, 4.69) is 10.3 Å². The number of methoxy groups -OCH3 is 2. The number of rotatable bonds is 8. The third-order valence-electron chi connectivity index (χ3n) is 4.31. The van der Waals surface area contributed by atoms with Gasteiger partial charge < -0.3 is 14.8 Å². The van der Waals surface area contributed by atoms with E-state index in [0.29, 0.717) is 39.4 Å². The number of nitrogens with zero attached hydrogens (tertiary/aromatic N) is 2. The van der Waals surface area contributed by atoms with Gasteiger partial charge in [0.1, 0.15) is 4.32 Å². The summed E-state index contributed by atoms with van der Waals surface area (Å²) < 4.78 is 11.0. The van der Waals surface area contributed by atoms with Crippen LogP contribution < -0.4 is 14.8 Å². The number of thiocarbonyl (C=S) groups is 1. The molecule has 0 unspecified atom stereocenters. The third-order valence-corrected chi connectivity index (χ3v) is 5.69. The van der Waals surface area contributed by atoms with Gasteiger partial charge in [0.2, 0.25) is 5.91 Å². The number of amides is 2. The fraction of sp³-hybridized carbons (Fsp3) is 0.238. The number of aromatic nitrogens is 1. The Bertz CT molecular complexity index is 979. The highest BCUT2D eigenvalue weighted by Crippen LogP contribution is 2.34. The second-order valence-corrected chi connectivity index (χ2v) is 8.02. The first kappa shape index (κ1) is 21.8. The van der Waals surface area contributed by atoms with E-state index in [1.54, 1.807) is 57.0 Å². The first-order valence-electron chi connectivity index (χ1n) is 9.19. The lowest BCUT2D eigenvalue weighted by Gasteiger charge is -2.14. The SMILES string of the molecule is COc1ccc(C=C2SC(=S)N(CCCC(=O)Nc3cccnc3)C2=O)cc1OC. The molecule has 30 heavy (non-hydrogen) atoms. The molecule has 0 radical (unpaired) electrons. The third kappa shape index (κ3) is 5.37. The highest BCUT2D eigenvalue weighted by Gasteiger charge is 2.31. The number of hydrogen-bond acceptors (Lipinski definition) is 7. The number of anilines is 1. The second-order valence-electron chi connectivity index (χ2n) is 6.34. The van der Waals surface area contributed by atoms with Crippen molar-refractivity contribution in [3.05, 3.63) is 53.2 Å². The minimum Gasteiger partial charge on any atom is -0.493 e. The maximum Gasteiger partial charge on any atom is 0.266 e. The number of thioether (sulfide) groups is 1. The summed E-state index contributed by atoms with van der Waals surface area (Å²) in [6, 6.07) is 8.95. The minimum absolute atomic E-state index is 0.130. The molecule has 2 aromatic rings. The fourth-order valence-corrected chi connectivity index (χ4v) is 4.15. The van der Waals surface area contributed by atoms with Gasteiger partial charge in [-0.25, -0.2) is 0 Å². The first-order valence-corrected chi connectivity index (χ1v) is 10.4. The van der Waals surface area contributed by atoms with E-state index in [9.17, 15) is 9.59 Å². The summed E-state index contributed by atoms with van der Waals surface area (Å²) in [4.78, 5) is 30.8. The lowest BCUT2D eigenvalue weighted by molar-refractivity contribution is -0.122. The molecule has 0 bridgehead atoms. The van der Waals surface area contributed by atoms with Crippen molar-refractivity contribution >= 4 is 51.9 Å². The lowest BCUT2D eigenvalue weighted by atomic mass is 10.2. The van der Waals surface area contributed by atoms with Gasteiger partial charge in [0.15, 0.2) is 11.5 Å². The summed E-state index contributed by atoms with van der Waals surface area (Å²) in [5, 5.41) is 2.77. The number of hydrogen-bond donors (Lipinski definition) is 1. The monoisotopic (exact) mass is 443 g/mol. The molecule has 1 aliphatic rings. The zero-order chi connectivity index (χ0) is 21.5. The molecule has 7 nitrogen and oxygen atoms in total. The van der Waals surface area contributed by atoms with Gasteiger partial charge in [0.25, 0.3) is 5.91 Å². The Labute approximate surface area is 184 Å². The van der Waals surface area contributed by atoms with Crippen LogP contribution in [0.1, 0.15) is 18.4 Å². The van der Waals surface area contributed by atoms with Gasteiger partial charge in [-0.3, -0.25) is 19.5 Å². The Balaban J connectivity index is 1.58. The molecule has 1 aromatic carbocycles. The van der Waals surface area contributed by atoms with Crippen LogP contribution in [0.2, 0.25) is 0 Å². The van der Waals surface area contributed by atoms with Crippen LogP contribution in [0.25, 0.3) is 6.08 Å². The van der Waals surface area contributed by atoms with Crippen molar-refractivity contribution in [1.82, 2.24) is 9.88 Å².